The molecule has 0 N–H and O–H groups in total. The van der Waals surface area contributed by atoms with Crippen LogP contribution in [0, 0.1) is 12.7 Å². The van der Waals surface area contributed by atoms with Gasteiger partial charge in [0.15, 0.2) is 5.82 Å². The normalized spacial score (nSPS) is 17.7. The highest BCUT2D eigenvalue weighted by Gasteiger charge is 2.25. The van der Waals surface area contributed by atoms with Gasteiger partial charge in [-0.3, -0.25) is 9.78 Å². The molecular formula is C20H25FN6O. The van der Waals surface area contributed by atoms with Gasteiger partial charge in [-0.2, -0.15) is 4.98 Å². The molecule has 0 radical (unpaired) electrons. The Hall–Kier alpha value is -2.77. The summed E-state index contributed by atoms with van der Waals surface area (Å²) in [5, 5.41) is 0. The first-order valence-corrected chi connectivity index (χ1v) is 9.86. The predicted molar refractivity (Wildman–Crippen MR) is 105 cm³/mol. The number of aromatic nitrogens is 3. The Morgan fingerprint density at radius 2 is 1.75 bits per heavy atom. The lowest BCUT2D eigenvalue weighted by atomic mass is 10.1. The van der Waals surface area contributed by atoms with E-state index in [1.807, 2.05) is 13.0 Å². The van der Waals surface area contributed by atoms with Gasteiger partial charge in [0.25, 0.3) is 5.91 Å². The number of piperazine rings is 1. The maximum absolute atomic E-state index is 13.9. The van der Waals surface area contributed by atoms with Gasteiger partial charge in [-0.1, -0.05) is 0 Å². The van der Waals surface area contributed by atoms with Crippen LogP contribution >= 0.6 is 0 Å². The summed E-state index contributed by atoms with van der Waals surface area (Å²) in [7, 11) is 0. The molecule has 2 aromatic heterocycles. The fourth-order valence-electron chi connectivity index (χ4n) is 3.79. The van der Waals surface area contributed by atoms with Crippen molar-refractivity contribution in [3.05, 3.63) is 41.6 Å². The molecule has 2 aromatic rings. The number of nitrogens with zero attached hydrogens (tertiary/aromatic N) is 6. The summed E-state index contributed by atoms with van der Waals surface area (Å²) < 4.78 is 13.9. The van der Waals surface area contributed by atoms with Crippen LogP contribution in [0.1, 0.15) is 35.3 Å². The lowest BCUT2D eigenvalue weighted by molar-refractivity contribution is 0.0741. The zero-order valence-corrected chi connectivity index (χ0v) is 16.1. The first-order valence-electron chi connectivity index (χ1n) is 9.86. The van der Waals surface area contributed by atoms with E-state index in [1.165, 1.54) is 31.5 Å². The van der Waals surface area contributed by atoms with Crippen molar-refractivity contribution in [1.29, 1.82) is 0 Å². The van der Waals surface area contributed by atoms with E-state index in [4.69, 9.17) is 4.98 Å². The molecule has 4 rings (SSSR count). The van der Waals surface area contributed by atoms with Crippen LogP contribution in [0.25, 0.3) is 0 Å². The second kappa shape index (κ2) is 8.08. The zero-order valence-electron chi connectivity index (χ0n) is 16.1. The molecule has 4 heterocycles. The van der Waals surface area contributed by atoms with Gasteiger partial charge < -0.3 is 14.7 Å². The molecule has 0 unspecified atom stereocenters. The number of pyridine rings is 1. The Morgan fingerprint density at radius 1 is 1.00 bits per heavy atom. The third kappa shape index (κ3) is 3.90. The summed E-state index contributed by atoms with van der Waals surface area (Å²) >= 11 is 0. The Bertz CT molecular complexity index is 846. The van der Waals surface area contributed by atoms with Gasteiger partial charge in [0.2, 0.25) is 5.95 Å². The second-order valence-electron chi connectivity index (χ2n) is 7.35. The van der Waals surface area contributed by atoms with E-state index < -0.39 is 5.82 Å². The van der Waals surface area contributed by atoms with Crippen molar-refractivity contribution in [2.75, 3.05) is 49.1 Å². The van der Waals surface area contributed by atoms with E-state index in [-0.39, 0.29) is 11.5 Å². The van der Waals surface area contributed by atoms with Crippen LogP contribution in [0.15, 0.2) is 24.5 Å². The maximum atomic E-state index is 13.9. The number of carbonyl (C=O) groups is 1. The standard InChI is InChI=1S/C20H25FN6O/c1-15-13-18(24-20(23-15)27-7-3-2-4-8-27)25-9-11-26(12-10-25)19(28)16-5-6-22-14-17(16)21/h5-6,13-14H,2-4,7-12H2,1H3. The van der Waals surface area contributed by atoms with Crippen LogP contribution in [0.3, 0.4) is 0 Å². The largest absolute Gasteiger partial charge is 0.353 e. The Kier molecular flexibility index (Phi) is 5.36. The summed E-state index contributed by atoms with van der Waals surface area (Å²) in [5.41, 5.74) is 1.02. The van der Waals surface area contributed by atoms with Gasteiger partial charge in [0, 0.05) is 57.2 Å². The monoisotopic (exact) mass is 384 g/mol. The number of rotatable bonds is 3. The van der Waals surface area contributed by atoms with E-state index in [2.05, 4.69) is 19.8 Å². The smallest absolute Gasteiger partial charge is 0.257 e. The van der Waals surface area contributed by atoms with Crippen molar-refractivity contribution in [1.82, 2.24) is 19.9 Å². The molecule has 2 aliphatic heterocycles. The number of carbonyl (C=O) groups excluding carboxylic acids is 1. The van der Waals surface area contributed by atoms with Crippen LogP contribution in [0.4, 0.5) is 16.2 Å². The predicted octanol–water partition coefficient (Wildman–Crippen LogP) is 2.27. The molecular weight excluding hydrogens is 359 g/mol. The number of amides is 1. The lowest BCUT2D eigenvalue weighted by Crippen LogP contribution is -2.49. The molecule has 8 heteroatoms. The third-order valence-corrected chi connectivity index (χ3v) is 5.36. The lowest BCUT2D eigenvalue weighted by Gasteiger charge is -2.36. The number of anilines is 2. The number of hydrogen-bond donors (Lipinski definition) is 0. The zero-order chi connectivity index (χ0) is 19.5. The first kappa shape index (κ1) is 18.6. The van der Waals surface area contributed by atoms with E-state index in [1.54, 1.807) is 4.90 Å². The Morgan fingerprint density at radius 3 is 2.46 bits per heavy atom. The van der Waals surface area contributed by atoms with Gasteiger partial charge in [-0.05, 0) is 32.3 Å². The number of aryl methyl sites for hydroxylation is 1. The average Bonchev–Trinajstić information content (AvgIpc) is 2.74. The van der Waals surface area contributed by atoms with Crippen molar-refractivity contribution < 1.29 is 9.18 Å². The SMILES string of the molecule is Cc1cc(N2CCN(C(=O)c3ccncc3F)CC2)nc(N2CCCCC2)n1. The minimum atomic E-state index is -0.576. The van der Waals surface area contributed by atoms with E-state index in [9.17, 15) is 9.18 Å². The van der Waals surface area contributed by atoms with Crippen molar-refractivity contribution in [2.24, 2.45) is 0 Å². The fraction of sp³-hybridized carbons (Fsp3) is 0.500. The Labute approximate surface area is 164 Å². The molecule has 0 aromatic carbocycles. The summed E-state index contributed by atoms with van der Waals surface area (Å²) in [6.07, 6.45) is 6.15. The highest BCUT2D eigenvalue weighted by Crippen LogP contribution is 2.22. The van der Waals surface area contributed by atoms with Gasteiger partial charge in [-0.25, -0.2) is 9.37 Å². The molecule has 0 saturated carbocycles. The minimum absolute atomic E-state index is 0.0775. The van der Waals surface area contributed by atoms with Crippen molar-refractivity contribution in [3.63, 3.8) is 0 Å². The second-order valence-corrected chi connectivity index (χ2v) is 7.35. The van der Waals surface area contributed by atoms with Crippen molar-refractivity contribution in [3.8, 4) is 0 Å². The molecule has 148 valence electrons. The molecule has 1 amide bonds. The molecule has 0 bridgehead atoms. The van der Waals surface area contributed by atoms with Crippen LogP contribution in [-0.2, 0) is 0 Å². The van der Waals surface area contributed by atoms with Crippen LogP contribution < -0.4 is 9.80 Å². The van der Waals surface area contributed by atoms with Crippen LogP contribution in [-0.4, -0.2) is 65.0 Å². The van der Waals surface area contributed by atoms with Crippen molar-refractivity contribution in [2.45, 2.75) is 26.2 Å². The van der Waals surface area contributed by atoms with Gasteiger partial charge in [-0.15, -0.1) is 0 Å². The molecule has 0 aliphatic carbocycles. The highest BCUT2D eigenvalue weighted by atomic mass is 19.1. The molecule has 0 spiro atoms. The van der Waals surface area contributed by atoms with Gasteiger partial charge >= 0.3 is 0 Å². The maximum Gasteiger partial charge on any atom is 0.257 e. The minimum Gasteiger partial charge on any atom is -0.353 e. The molecule has 7 nitrogen and oxygen atoms in total. The topological polar surface area (TPSA) is 65.5 Å². The van der Waals surface area contributed by atoms with Crippen LogP contribution in [0.2, 0.25) is 0 Å². The molecule has 0 atom stereocenters. The number of halogens is 1. The fourth-order valence-corrected chi connectivity index (χ4v) is 3.79. The summed E-state index contributed by atoms with van der Waals surface area (Å²) in [4.78, 5) is 31.8. The molecule has 2 aliphatic rings. The van der Waals surface area contributed by atoms with E-state index in [0.717, 1.165) is 36.7 Å². The summed E-state index contributed by atoms with van der Waals surface area (Å²) in [5.74, 6) is 0.835. The van der Waals surface area contributed by atoms with E-state index in [0.29, 0.717) is 26.2 Å². The Balaban J connectivity index is 1.44. The van der Waals surface area contributed by atoms with Gasteiger partial charge in [0.1, 0.15) is 5.82 Å². The van der Waals surface area contributed by atoms with Crippen molar-refractivity contribution >= 4 is 17.7 Å². The average molecular weight is 384 g/mol. The molecule has 2 saturated heterocycles. The number of piperidine rings is 1. The third-order valence-electron chi connectivity index (χ3n) is 5.36. The quantitative estimate of drug-likeness (QED) is 0.809. The van der Waals surface area contributed by atoms with Crippen LogP contribution in [0.5, 0.6) is 0 Å². The summed E-state index contributed by atoms with van der Waals surface area (Å²) in [6, 6.07) is 3.43. The highest BCUT2D eigenvalue weighted by molar-refractivity contribution is 5.94. The number of hydrogen-bond acceptors (Lipinski definition) is 6. The molecule has 28 heavy (non-hydrogen) atoms. The summed E-state index contributed by atoms with van der Waals surface area (Å²) in [6.45, 7) is 6.38. The first-order chi connectivity index (χ1) is 13.6. The van der Waals surface area contributed by atoms with E-state index >= 15 is 0 Å². The molecule has 2 fully saturated rings. The van der Waals surface area contributed by atoms with Gasteiger partial charge in [0.05, 0.1) is 11.8 Å².